The van der Waals surface area contributed by atoms with Gasteiger partial charge in [0.05, 0.1) is 29.3 Å². The Balaban J connectivity index is 1.66. The minimum absolute atomic E-state index is 0.0836. The SMILES string of the molecule is CCOc1ccc(CNC(=O)c2ccccc2N(Cc2ccccc2)S(=O)(=O)c2ccc(C)cc2)cc1. The van der Waals surface area contributed by atoms with Crippen LogP contribution in [0, 0.1) is 6.92 Å². The van der Waals surface area contributed by atoms with E-state index in [1.54, 1.807) is 48.5 Å². The Morgan fingerprint density at radius 3 is 2.14 bits per heavy atom. The molecule has 0 saturated carbocycles. The highest BCUT2D eigenvalue weighted by molar-refractivity contribution is 7.92. The molecule has 0 fully saturated rings. The first kappa shape index (κ1) is 26.0. The van der Waals surface area contributed by atoms with Crippen LogP contribution in [0.25, 0.3) is 0 Å². The van der Waals surface area contributed by atoms with E-state index in [0.29, 0.717) is 18.8 Å². The lowest BCUT2D eigenvalue weighted by molar-refractivity contribution is 0.0951. The number of rotatable bonds is 10. The fraction of sp³-hybridized carbons (Fsp3) is 0.167. The third-order valence-corrected chi connectivity index (χ3v) is 7.66. The number of nitrogens with zero attached hydrogens (tertiary/aromatic N) is 1. The van der Waals surface area contributed by atoms with Gasteiger partial charge in [-0.1, -0.05) is 72.3 Å². The fourth-order valence-corrected chi connectivity index (χ4v) is 5.39. The van der Waals surface area contributed by atoms with Crippen molar-refractivity contribution < 1.29 is 17.9 Å². The average Bonchev–Trinajstić information content (AvgIpc) is 2.92. The average molecular weight is 515 g/mol. The second kappa shape index (κ2) is 11.8. The van der Waals surface area contributed by atoms with E-state index in [1.165, 1.54) is 4.31 Å². The Labute approximate surface area is 218 Å². The van der Waals surface area contributed by atoms with Gasteiger partial charge in [-0.2, -0.15) is 0 Å². The standard InChI is InChI=1S/C30H30N2O4S/c1-3-36-26-17-15-24(16-18-26)21-31-30(33)28-11-7-8-12-29(28)32(22-25-9-5-4-6-10-25)37(34,35)27-19-13-23(2)14-20-27/h4-20H,3,21-22H2,1-2H3,(H,31,33). The van der Waals surface area contributed by atoms with Gasteiger partial charge in [0.2, 0.25) is 0 Å². The van der Waals surface area contributed by atoms with Crippen LogP contribution in [0.5, 0.6) is 5.75 Å². The van der Waals surface area contributed by atoms with E-state index in [9.17, 15) is 13.2 Å². The van der Waals surface area contributed by atoms with Crippen LogP contribution in [-0.2, 0) is 23.1 Å². The highest BCUT2D eigenvalue weighted by Gasteiger charge is 2.28. The number of hydrogen-bond donors (Lipinski definition) is 1. The zero-order valence-corrected chi connectivity index (χ0v) is 21.7. The molecule has 0 unspecified atom stereocenters. The monoisotopic (exact) mass is 514 g/mol. The van der Waals surface area contributed by atoms with Crippen LogP contribution in [-0.4, -0.2) is 20.9 Å². The predicted molar refractivity (Wildman–Crippen MR) is 146 cm³/mol. The van der Waals surface area contributed by atoms with Crippen LogP contribution in [0.2, 0.25) is 0 Å². The molecule has 0 bridgehead atoms. The summed E-state index contributed by atoms with van der Waals surface area (Å²) in [5.41, 5.74) is 3.27. The van der Waals surface area contributed by atoms with Crippen molar-refractivity contribution in [3.05, 3.63) is 125 Å². The van der Waals surface area contributed by atoms with Crippen LogP contribution in [0.15, 0.2) is 108 Å². The number of nitrogens with one attached hydrogen (secondary N) is 1. The van der Waals surface area contributed by atoms with Gasteiger partial charge in [-0.25, -0.2) is 8.42 Å². The number of benzene rings is 4. The molecule has 0 aromatic heterocycles. The lowest BCUT2D eigenvalue weighted by Crippen LogP contribution is -2.33. The summed E-state index contributed by atoms with van der Waals surface area (Å²) >= 11 is 0. The summed E-state index contributed by atoms with van der Waals surface area (Å²) in [6, 6.07) is 30.3. The molecular weight excluding hydrogens is 484 g/mol. The molecule has 190 valence electrons. The van der Waals surface area contributed by atoms with Gasteiger partial charge in [0.1, 0.15) is 5.75 Å². The molecule has 0 aliphatic rings. The molecule has 1 amide bonds. The summed E-state index contributed by atoms with van der Waals surface area (Å²) in [5, 5.41) is 2.92. The van der Waals surface area contributed by atoms with E-state index in [-0.39, 0.29) is 22.9 Å². The summed E-state index contributed by atoms with van der Waals surface area (Å²) < 4.78 is 34.5. The Morgan fingerprint density at radius 1 is 0.811 bits per heavy atom. The van der Waals surface area contributed by atoms with E-state index < -0.39 is 10.0 Å². The molecule has 6 nitrogen and oxygen atoms in total. The summed E-state index contributed by atoms with van der Waals surface area (Å²) in [5.74, 6) is 0.405. The van der Waals surface area contributed by atoms with Crippen LogP contribution < -0.4 is 14.4 Å². The molecular formula is C30H30N2O4S. The highest BCUT2D eigenvalue weighted by Crippen LogP contribution is 2.29. The Hall–Kier alpha value is -4.10. The van der Waals surface area contributed by atoms with Gasteiger partial charge in [-0.15, -0.1) is 0 Å². The van der Waals surface area contributed by atoms with Crippen molar-refractivity contribution >= 4 is 21.6 Å². The molecule has 4 aromatic carbocycles. The van der Waals surface area contributed by atoms with E-state index in [1.807, 2.05) is 68.4 Å². The van der Waals surface area contributed by atoms with Gasteiger partial charge >= 0.3 is 0 Å². The number of sulfonamides is 1. The van der Waals surface area contributed by atoms with Crippen molar-refractivity contribution in [2.24, 2.45) is 0 Å². The Kier molecular flexibility index (Phi) is 8.25. The zero-order chi connectivity index (χ0) is 26.3. The van der Waals surface area contributed by atoms with E-state index in [0.717, 1.165) is 22.4 Å². The summed E-state index contributed by atoms with van der Waals surface area (Å²) in [6.45, 7) is 4.79. The molecule has 1 N–H and O–H groups in total. The van der Waals surface area contributed by atoms with Gasteiger partial charge in [0, 0.05) is 6.54 Å². The third kappa shape index (κ3) is 6.37. The molecule has 4 rings (SSSR count). The molecule has 0 radical (unpaired) electrons. The van der Waals surface area contributed by atoms with Gasteiger partial charge in [0.25, 0.3) is 15.9 Å². The van der Waals surface area contributed by atoms with Gasteiger partial charge in [-0.3, -0.25) is 9.10 Å². The summed E-state index contributed by atoms with van der Waals surface area (Å²) in [6.07, 6.45) is 0. The smallest absolute Gasteiger partial charge is 0.264 e. The maximum Gasteiger partial charge on any atom is 0.264 e. The first-order chi connectivity index (χ1) is 17.9. The van der Waals surface area contributed by atoms with Crippen molar-refractivity contribution in [2.45, 2.75) is 31.8 Å². The predicted octanol–water partition coefficient (Wildman–Crippen LogP) is 5.72. The second-order valence-electron chi connectivity index (χ2n) is 8.59. The molecule has 0 spiro atoms. The maximum absolute atomic E-state index is 13.9. The molecule has 0 aliphatic carbocycles. The number of aryl methyl sites for hydroxylation is 1. The number of para-hydroxylation sites is 1. The van der Waals surface area contributed by atoms with Crippen molar-refractivity contribution in [3.8, 4) is 5.75 Å². The number of carbonyl (C=O) groups is 1. The normalized spacial score (nSPS) is 11.1. The summed E-state index contributed by atoms with van der Waals surface area (Å²) in [4.78, 5) is 13.5. The Bertz CT molecular complexity index is 1440. The Morgan fingerprint density at radius 2 is 1.46 bits per heavy atom. The largest absolute Gasteiger partial charge is 0.494 e. The maximum atomic E-state index is 13.9. The topological polar surface area (TPSA) is 75.7 Å². The fourth-order valence-electron chi connectivity index (χ4n) is 3.92. The minimum atomic E-state index is -3.96. The zero-order valence-electron chi connectivity index (χ0n) is 20.9. The van der Waals surface area contributed by atoms with Crippen molar-refractivity contribution in [3.63, 3.8) is 0 Å². The summed E-state index contributed by atoms with van der Waals surface area (Å²) in [7, 11) is -3.96. The van der Waals surface area contributed by atoms with Crippen LogP contribution in [0.4, 0.5) is 5.69 Å². The van der Waals surface area contributed by atoms with E-state index >= 15 is 0 Å². The first-order valence-electron chi connectivity index (χ1n) is 12.1. The number of carbonyl (C=O) groups excluding carboxylic acids is 1. The minimum Gasteiger partial charge on any atom is -0.494 e. The molecule has 0 heterocycles. The van der Waals surface area contributed by atoms with Crippen LogP contribution >= 0.6 is 0 Å². The third-order valence-electron chi connectivity index (χ3n) is 5.88. The van der Waals surface area contributed by atoms with E-state index in [2.05, 4.69) is 5.32 Å². The van der Waals surface area contributed by atoms with Crippen molar-refractivity contribution in [1.82, 2.24) is 5.32 Å². The van der Waals surface area contributed by atoms with Gasteiger partial charge < -0.3 is 10.1 Å². The molecule has 4 aromatic rings. The van der Waals surface area contributed by atoms with Crippen molar-refractivity contribution in [2.75, 3.05) is 10.9 Å². The van der Waals surface area contributed by atoms with Crippen LogP contribution in [0.3, 0.4) is 0 Å². The molecule has 37 heavy (non-hydrogen) atoms. The molecule has 0 saturated heterocycles. The quantitative estimate of drug-likeness (QED) is 0.294. The lowest BCUT2D eigenvalue weighted by Gasteiger charge is -2.26. The molecule has 0 aliphatic heterocycles. The highest BCUT2D eigenvalue weighted by atomic mass is 32.2. The van der Waals surface area contributed by atoms with Crippen molar-refractivity contribution in [1.29, 1.82) is 0 Å². The first-order valence-corrected chi connectivity index (χ1v) is 13.5. The molecule has 7 heteroatoms. The van der Waals surface area contributed by atoms with Gasteiger partial charge in [-0.05, 0) is 61.4 Å². The second-order valence-corrected chi connectivity index (χ2v) is 10.4. The lowest BCUT2D eigenvalue weighted by atomic mass is 10.1. The van der Waals surface area contributed by atoms with Crippen LogP contribution in [0.1, 0.15) is 34.0 Å². The number of amides is 1. The number of anilines is 1. The number of hydrogen-bond acceptors (Lipinski definition) is 4. The van der Waals surface area contributed by atoms with E-state index in [4.69, 9.17) is 4.74 Å². The van der Waals surface area contributed by atoms with Gasteiger partial charge in [0.15, 0.2) is 0 Å². The number of ether oxygens (including phenoxy) is 1. The molecule has 0 atom stereocenters.